The number of nitrogens with one attached hydrogen (secondary N) is 1. The van der Waals surface area contributed by atoms with Crippen molar-refractivity contribution in [3.8, 4) is 5.75 Å². The van der Waals surface area contributed by atoms with Gasteiger partial charge in [0.15, 0.2) is 15.8 Å². The van der Waals surface area contributed by atoms with Crippen LogP contribution in [0.25, 0.3) is 0 Å². The highest BCUT2D eigenvalue weighted by Gasteiger charge is 2.28. The van der Waals surface area contributed by atoms with E-state index in [1.807, 2.05) is 13.0 Å². The van der Waals surface area contributed by atoms with Crippen LogP contribution < -0.4 is 10.1 Å². The molecule has 1 atom stereocenters. The van der Waals surface area contributed by atoms with Crippen molar-refractivity contribution in [3.63, 3.8) is 0 Å². The van der Waals surface area contributed by atoms with Crippen molar-refractivity contribution in [1.29, 1.82) is 0 Å². The zero-order valence-electron chi connectivity index (χ0n) is 17.0. The SMILES string of the molecule is CCOc1ccc2c(c1)CCN(C(=NCC1CCS(=O)(=O)C1)NC(C)C)C2.I. The van der Waals surface area contributed by atoms with E-state index in [2.05, 4.69) is 36.2 Å². The first-order chi connectivity index (χ1) is 12.9. The van der Waals surface area contributed by atoms with Gasteiger partial charge in [-0.25, -0.2) is 8.42 Å². The van der Waals surface area contributed by atoms with Crippen molar-refractivity contribution >= 4 is 39.8 Å². The van der Waals surface area contributed by atoms with Gasteiger partial charge in [0.1, 0.15) is 5.75 Å². The van der Waals surface area contributed by atoms with Crippen LogP contribution in [0.2, 0.25) is 0 Å². The van der Waals surface area contributed by atoms with E-state index in [-0.39, 0.29) is 41.7 Å². The second kappa shape index (κ2) is 10.1. The molecule has 3 rings (SSSR count). The number of halogens is 1. The first kappa shape index (κ1) is 23.3. The Morgan fingerprint density at radius 3 is 2.79 bits per heavy atom. The van der Waals surface area contributed by atoms with Crippen molar-refractivity contribution in [3.05, 3.63) is 29.3 Å². The van der Waals surface area contributed by atoms with Gasteiger partial charge in [-0.3, -0.25) is 4.99 Å². The zero-order chi connectivity index (χ0) is 19.4. The normalized spacial score (nSPS) is 21.2. The number of benzene rings is 1. The third kappa shape index (κ3) is 6.23. The van der Waals surface area contributed by atoms with E-state index in [0.717, 1.165) is 37.6 Å². The summed E-state index contributed by atoms with van der Waals surface area (Å²) >= 11 is 0. The van der Waals surface area contributed by atoms with E-state index in [0.29, 0.717) is 18.9 Å². The quantitative estimate of drug-likeness (QED) is 0.367. The predicted molar refractivity (Wildman–Crippen MR) is 124 cm³/mol. The standard InChI is InChI=1S/C20H31N3O3S.HI/c1-4-26-19-6-5-18-13-23(9-7-17(18)11-19)20(22-15(2)3)21-12-16-8-10-27(24,25)14-16;/h5-6,11,15-16H,4,7-10,12-14H2,1-3H3,(H,21,22);1H. The maximum Gasteiger partial charge on any atom is 0.194 e. The summed E-state index contributed by atoms with van der Waals surface area (Å²) in [4.78, 5) is 7.07. The number of hydrogen-bond donors (Lipinski definition) is 1. The van der Waals surface area contributed by atoms with Gasteiger partial charge in [0, 0.05) is 25.7 Å². The monoisotopic (exact) mass is 521 g/mol. The molecule has 0 bridgehead atoms. The first-order valence-corrected chi connectivity index (χ1v) is 11.7. The summed E-state index contributed by atoms with van der Waals surface area (Å²) in [7, 11) is -2.86. The molecule has 0 aromatic heterocycles. The summed E-state index contributed by atoms with van der Waals surface area (Å²) in [6.45, 7) is 9.14. The Balaban J connectivity index is 0.00000280. The fraction of sp³-hybridized carbons (Fsp3) is 0.650. The number of aliphatic imine (C=N–C) groups is 1. The molecule has 1 aromatic rings. The van der Waals surface area contributed by atoms with Gasteiger partial charge >= 0.3 is 0 Å². The van der Waals surface area contributed by atoms with Crippen LogP contribution >= 0.6 is 24.0 Å². The minimum Gasteiger partial charge on any atom is -0.494 e. The van der Waals surface area contributed by atoms with Crippen LogP contribution in [-0.4, -0.2) is 56.5 Å². The van der Waals surface area contributed by atoms with Crippen LogP contribution in [0.4, 0.5) is 0 Å². The number of fused-ring (bicyclic) bond motifs is 1. The third-order valence-electron chi connectivity index (χ3n) is 5.04. The fourth-order valence-corrected chi connectivity index (χ4v) is 5.54. The molecule has 1 fully saturated rings. The number of nitrogens with zero attached hydrogens (tertiary/aromatic N) is 2. The van der Waals surface area contributed by atoms with Gasteiger partial charge in [0.25, 0.3) is 0 Å². The molecule has 6 nitrogen and oxygen atoms in total. The van der Waals surface area contributed by atoms with Gasteiger partial charge in [-0.15, -0.1) is 24.0 Å². The van der Waals surface area contributed by atoms with E-state index in [1.54, 1.807) is 0 Å². The summed E-state index contributed by atoms with van der Waals surface area (Å²) in [5, 5.41) is 3.46. The van der Waals surface area contributed by atoms with E-state index >= 15 is 0 Å². The van der Waals surface area contributed by atoms with Crippen LogP contribution in [0, 0.1) is 5.92 Å². The Labute approximate surface area is 186 Å². The van der Waals surface area contributed by atoms with E-state index in [1.165, 1.54) is 11.1 Å². The van der Waals surface area contributed by atoms with E-state index < -0.39 is 9.84 Å². The largest absolute Gasteiger partial charge is 0.494 e. The van der Waals surface area contributed by atoms with Gasteiger partial charge in [-0.2, -0.15) is 0 Å². The predicted octanol–water partition coefficient (Wildman–Crippen LogP) is 2.85. The van der Waals surface area contributed by atoms with Gasteiger partial charge < -0.3 is 15.0 Å². The molecule has 2 aliphatic rings. The lowest BCUT2D eigenvalue weighted by molar-refractivity contribution is 0.336. The minimum atomic E-state index is -2.86. The summed E-state index contributed by atoms with van der Waals surface area (Å²) in [6.07, 6.45) is 1.68. The molecular weight excluding hydrogens is 489 g/mol. The zero-order valence-corrected chi connectivity index (χ0v) is 20.1. The lowest BCUT2D eigenvalue weighted by Gasteiger charge is -2.33. The van der Waals surface area contributed by atoms with Crippen LogP contribution in [0.1, 0.15) is 38.3 Å². The summed E-state index contributed by atoms with van der Waals surface area (Å²) in [5.74, 6) is 2.54. The Kier molecular flexibility index (Phi) is 8.42. The number of rotatable bonds is 5. The van der Waals surface area contributed by atoms with Gasteiger partial charge in [-0.1, -0.05) is 6.07 Å². The van der Waals surface area contributed by atoms with E-state index in [4.69, 9.17) is 9.73 Å². The molecule has 2 heterocycles. The number of sulfone groups is 1. The molecule has 1 N–H and O–H groups in total. The molecule has 1 aromatic carbocycles. The van der Waals surface area contributed by atoms with Crippen LogP contribution in [0.5, 0.6) is 5.75 Å². The summed E-state index contributed by atoms with van der Waals surface area (Å²) < 4.78 is 29.0. The Morgan fingerprint density at radius 1 is 1.36 bits per heavy atom. The molecule has 1 unspecified atom stereocenters. The van der Waals surface area contributed by atoms with Crippen molar-refractivity contribution in [2.75, 3.05) is 31.2 Å². The lowest BCUT2D eigenvalue weighted by atomic mass is 9.99. The van der Waals surface area contributed by atoms with Gasteiger partial charge in [-0.05, 0) is 62.8 Å². The van der Waals surface area contributed by atoms with Crippen LogP contribution in [0.3, 0.4) is 0 Å². The van der Waals surface area contributed by atoms with Gasteiger partial charge in [0.2, 0.25) is 0 Å². The number of guanidine groups is 1. The Bertz CT molecular complexity index is 796. The van der Waals surface area contributed by atoms with Crippen molar-refractivity contribution in [2.45, 2.75) is 46.2 Å². The highest BCUT2D eigenvalue weighted by Crippen LogP contribution is 2.24. The third-order valence-corrected chi connectivity index (χ3v) is 6.88. The van der Waals surface area contributed by atoms with Crippen LogP contribution in [-0.2, 0) is 22.8 Å². The number of hydrogen-bond acceptors (Lipinski definition) is 4. The Hall–Kier alpha value is -1.03. The molecule has 158 valence electrons. The lowest BCUT2D eigenvalue weighted by Crippen LogP contribution is -2.46. The summed E-state index contributed by atoms with van der Waals surface area (Å²) in [6, 6.07) is 6.59. The molecule has 1 saturated heterocycles. The molecule has 0 radical (unpaired) electrons. The maximum atomic E-state index is 11.7. The molecule has 0 aliphatic carbocycles. The Morgan fingerprint density at radius 2 is 2.14 bits per heavy atom. The molecule has 0 spiro atoms. The topological polar surface area (TPSA) is 71.0 Å². The average Bonchev–Trinajstić information content (AvgIpc) is 2.97. The van der Waals surface area contributed by atoms with Crippen molar-refractivity contribution < 1.29 is 13.2 Å². The average molecular weight is 521 g/mol. The molecule has 0 saturated carbocycles. The molecule has 8 heteroatoms. The molecule has 28 heavy (non-hydrogen) atoms. The fourth-order valence-electron chi connectivity index (χ4n) is 3.69. The highest BCUT2D eigenvalue weighted by molar-refractivity contribution is 14.0. The van der Waals surface area contributed by atoms with Crippen molar-refractivity contribution in [1.82, 2.24) is 10.2 Å². The second-order valence-corrected chi connectivity index (χ2v) is 10.00. The smallest absolute Gasteiger partial charge is 0.194 e. The van der Waals surface area contributed by atoms with Gasteiger partial charge in [0.05, 0.1) is 18.1 Å². The maximum absolute atomic E-state index is 11.7. The molecule has 0 amide bonds. The highest BCUT2D eigenvalue weighted by atomic mass is 127. The molecule has 2 aliphatic heterocycles. The van der Waals surface area contributed by atoms with E-state index in [9.17, 15) is 8.42 Å². The number of ether oxygens (including phenoxy) is 1. The second-order valence-electron chi connectivity index (χ2n) is 7.77. The molecular formula is C20H32IN3O3S. The van der Waals surface area contributed by atoms with Crippen LogP contribution in [0.15, 0.2) is 23.2 Å². The first-order valence-electron chi connectivity index (χ1n) is 9.87. The minimum absolute atomic E-state index is 0. The van der Waals surface area contributed by atoms with Crippen molar-refractivity contribution in [2.24, 2.45) is 10.9 Å². The summed E-state index contributed by atoms with van der Waals surface area (Å²) in [5.41, 5.74) is 2.63.